The molecule has 0 saturated carbocycles. The first-order chi connectivity index (χ1) is 16.5. The second kappa shape index (κ2) is 9.82. The summed E-state index contributed by atoms with van der Waals surface area (Å²) >= 11 is 5.06. The first kappa shape index (κ1) is 23.0. The number of benzene rings is 2. The fourth-order valence-corrected chi connectivity index (χ4v) is 5.57. The van der Waals surface area contributed by atoms with Crippen molar-refractivity contribution >= 4 is 44.9 Å². The maximum atomic E-state index is 13.6. The van der Waals surface area contributed by atoms with Gasteiger partial charge >= 0.3 is 0 Å². The number of hydrogen-bond donors (Lipinski definition) is 1. The van der Waals surface area contributed by atoms with Crippen LogP contribution >= 0.6 is 27.3 Å². The zero-order chi connectivity index (χ0) is 23.7. The molecule has 0 radical (unpaired) electrons. The standard InChI is InChI=1S/C26H23BrN2O4S/c27-19-9-3-16(4-10-19)14-20(26(32)29-12-11-22-24(29)21(30)15-33-22)28-25(31)18-7-5-17(6-8-18)23-2-1-13-34-23/h1-10,13,20,22,24H,11-12,14-15H2,(H,28,31). The topological polar surface area (TPSA) is 75.7 Å². The molecule has 2 saturated heterocycles. The van der Waals surface area contributed by atoms with Crippen molar-refractivity contribution in [3.8, 4) is 10.4 Å². The van der Waals surface area contributed by atoms with Gasteiger partial charge < -0.3 is 15.0 Å². The van der Waals surface area contributed by atoms with Crippen molar-refractivity contribution in [1.82, 2.24) is 10.2 Å². The number of amides is 2. The van der Waals surface area contributed by atoms with Gasteiger partial charge in [0, 0.05) is 27.9 Å². The van der Waals surface area contributed by atoms with Gasteiger partial charge in [-0.25, -0.2) is 0 Å². The Kier molecular flexibility index (Phi) is 6.63. The van der Waals surface area contributed by atoms with Crippen LogP contribution < -0.4 is 5.32 Å². The van der Waals surface area contributed by atoms with Crippen molar-refractivity contribution < 1.29 is 19.1 Å². The van der Waals surface area contributed by atoms with Crippen LogP contribution in [0.3, 0.4) is 0 Å². The lowest BCUT2D eigenvalue weighted by Gasteiger charge is -2.27. The van der Waals surface area contributed by atoms with Gasteiger partial charge in [0.2, 0.25) is 5.91 Å². The lowest BCUT2D eigenvalue weighted by molar-refractivity contribution is -0.138. The van der Waals surface area contributed by atoms with Gasteiger partial charge in [0.25, 0.3) is 5.91 Å². The van der Waals surface area contributed by atoms with E-state index in [4.69, 9.17) is 4.74 Å². The van der Waals surface area contributed by atoms with E-state index >= 15 is 0 Å². The zero-order valence-electron chi connectivity index (χ0n) is 18.3. The summed E-state index contributed by atoms with van der Waals surface area (Å²) in [5.74, 6) is -0.649. The highest BCUT2D eigenvalue weighted by atomic mass is 79.9. The van der Waals surface area contributed by atoms with Crippen LogP contribution in [0.5, 0.6) is 0 Å². The summed E-state index contributed by atoms with van der Waals surface area (Å²) in [6.45, 7) is 0.488. The molecule has 34 heavy (non-hydrogen) atoms. The smallest absolute Gasteiger partial charge is 0.251 e. The summed E-state index contributed by atoms with van der Waals surface area (Å²) < 4.78 is 6.47. The van der Waals surface area contributed by atoms with Crippen LogP contribution in [0.15, 0.2) is 70.5 Å². The van der Waals surface area contributed by atoms with Crippen molar-refractivity contribution in [2.45, 2.75) is 31.0 Å². The Labute approximate surface area is 210 Å². The molecule has 0 aliphatic carbocycles. The average Bonchev–Trinajstić information content (AvgIpc) is 3.60. The minimum Gasteiger partial charge on any atom is -0.368 e. The van der Waals surface area contributed by atoms with Crippen molar-refractivity contribution in [3.05, 3.63) is 81.6 Å². The molecule has 1 aromatic heterocycles. The first-order valence-corrected chi connectivity index (χ1v) is 12.8. The van der Waals surface area contributed by atoms with Crippen LogP contribution in [0, 0.1) is 0 Å². The van der Waals surface area contributed by atoms with E-state index < -0.39 is 12.1 Å². The van der Waals surface area contributed by atoms with Crippen LogP contribution in [0.25, 0.3) is 10.4 Å². The van der Waals surface area contributed by atoms with Gasteiger partial charge in [-0.1, -0.05) is 46.3 Å². The third-order valence-corrected chi connectivity index (χ3v) is 7.75. The van der Waals surface area contributed by atoms with Crippen LogP contribution in [0.2, 0.25) is 0 Å². The molecule has 6 nitrogen and oxygen atoms in total. The van der Waals surface area contributed by atoms with Gasteiger partial charge in [-0.2, -0.15) is 0 Å². The minimum atomic E-state index is -0.794. The van der Waals surface area contributed by atoms with Gasteiger partial charge in [0.05, 0.1) is 6.10 Å². The summed E-state index contributed by atoms with van der Waals surface area (Å²) in [6.07, 6.45) is 0.713. The number of halogens is 1. The summed E-state index contributed by atoms with van der Waals surface area (Å²) in [4.78, 5) is 41.8. The third-order valence-electron chi connectivity index (χ3n) is 6.30. The van der Waals surface area contributed by atoms with Crippen LogP contribution in [0.1, 0.15) is 22.3 Å². The van der Waals surface area contributed by atoms with Gasteiger partial charge in [-0.3, -0.25) is 14.4 Å². The van der Waals surface area contributed by atoms with E-state index in [0.29, 0.717) is 24.9 Å². The van der Waals surface area contributed by atoms with Gasteiger partial charge in [0.15, 0.2) is 5.78 Å². The Hall–Kier alpha value is -2.81. The number of nitrogens with one attached hydrogen (secondary N) is 1. The number of hydrogen-bond acceptors (Lipinski definition) is 5. The van der Waals surface area contributed by atoms with Crippen LogP contribution in [-0.4, -0.2) is 53.8 Å². The van der Waals surface area contributed by atoms with Gasteiger partial charge in [-0.05, 0) is 53.3 Å². The van der Waals surface area contributed by atoms with Crippen molar-refractivity contribution in [2.75, 3.05) is 13.2 Å². The molecule has 1 N–H and O–H groups in total. The lowest BCUT2D eigenvalue weighted by Crippen LogP contribution is -2.53. The molecule has 0 bridgehead atoms. The number of likely N-dealkylation sites (tertiary alicyclic amines) is 1. The Balaban J connectivity index is 1.36. The Morgan fingerprint density at radius 3 is 2.59 bits per heavy atom. The molecule has 174 valence electrons. The summed E-state index contributed by atoms with van der Waals surface area (Å²) in [5, 5.41) is 4.94. The number of nitrogens with zero attached hydrogens (tertiary/aromatic N) is 1. The summed E-state index contributed by atoms with van der Waals surface area (Å²) in [7, 11) is 0. The number of thiophene rings is 1. The molecule has 2 aliphatic rings. The summed E-state index contributed by atoms with van der Waals surface area (Å²) in [5.41, 5.74) is 2.44. The molecular formula is C26H23BrN2O4S. The molecule has 8 heteroatoms. The fourth-order valence-electron chi connectivity index (χ4n) is 4.57. The quantitative estimate of drug-likeness (QED) is 0.512. The second-order valence-electron chi connectivity index (χ2n) is 8.49. The van der Waals surface area contributed by atoms with Crippen LogP contribution in [0.4, 0.5) is 0 Å². The molecule has 2 fully saturated rings. The monoisotopic (exact) mass is 538 g/mol. The second-order valence-corrected chi connectivity index (χ2v) is 10.4. The van der Waals surface area contributed by atoms with E-state index in [2.05, 4.69) is 21.2 Å². The third kappa shape index (κ3) is 4.71. The number of fused-ring (bicyclic) bond motifs is 1. The SMILES string of the molecule is O=C(NC(Cc1ccc(Br)cc1)C(=O)N1CCC2OCC(=O)C21)c1ccc(-c2cccs2)cc1. The van der Waals surface area contributed by atoms with E-state index in [0.717, 1.165) is 20.5 Å². The first-order valence-electron chi connectivity index (χ1n) is 11.1. The maximum Gasteiger partial charge on any atom is 0.251 e. The number of ether oxygens (including phenoxy) is 1. The number of carbonyl (C=O) groups excluding carboxylic acids is 3. The molecule has 3 heterocycles. The fraction of sp³-hybridized carbons (Fsp3) is 0.269. The van der Waals surface area contributed by atoms with E-state index in [9.17, 15) is 14.4 Å². The molecule has 2 aliphatic heterocycles. The van der Waals surface area contributed by atoms with Gasteiger partial charge in [0.1, 0.15) is 18.7 Å². The van der Waals surface area contributed by atoms with Crippen molar-refractivity contribution in [3.63, 3.8) is 0 Å². The Morgan fingerprint density at radius 2 is 1.88 bits per heavy atom. The molecule has 2 amide bonds. The maximum absolute atomic E-state index is 13.6. The largest absolute Gasteiger partial charge is 0.368 e. The molecular weight excluding hydrogens is 516 g/mol. The van der Waals surface area contributed by atoms with E-state index in [1.807, 2.05) is 53.9 Å². The Morgan fingerprint density at radius 1 is 1.12 bits per heavy atom. The predicted molar refractivity (Wildman–Crippen MR) is 134 cm³/mol. The number of carbonyl (C=O) groups is 3. The average molecular weight is 539 g/mol. The molecule has 3 atom stereocenters. The zero-order valence-corrected chi connectivity index (χ0v) is 20.7. The molecule has 3 unspecified atom stereocenters. The summed E-state index contributed by atoms with van der Waals surface area (Å²) in [6, 6.07) is 17.7. The lowest BCUT2D eigenvalue weighted by atomic mass is 10.0. The van der Waals surface area contributed by atoms with E-state index in [1.165, 1.54) is 0 Å². The van der Waals surface area contributed by atoms with Gasteiger partial charge in [-0.15, -0.1) is 11.3 Å². The highest BCUT2D eigenvalue weighted by Crippen LogP contribution is 2.28. The van der Waals surface area contributed by atoms with Crippen molar-refractivity contribution in [1.29, 1.82) is 0 Å². The Bertz CT molecular complexity index is 1190. The number of rotatable bonds is 6. The molecule has 3 aromatic rings. The minimum absolute atomic E-state index is 0.0411. The number of ketones is 1. The van der Waals surface area contributed by atoms with E-state index in [1.54, 1.807) is 28.4 Å². The van der Waals surface area contributed by atoms with Crippen LogP contribution in [-0.2, 0) is 20.7 Å². The molecule has 2 aromatic carbocycles. The van der Waals surface area contributed by atoms with Crippen molar-refractivity contribution in [2.24, 2.45) is 0 Å². The molecule has 5 rings (SSSR count). The predicted octanol–water partition coefficient (Wildman–Crippen LogP) is 4.09. The highest BCUT2D eigenvalue weighted by Gasteiger charge is 2.48. The number of Topliss-reactive ketones (excluding diaryl/α,β-unsaturated/α-hetero) is 1. The normalized spacial score (nSPS) is 20.3. The highest BCUT2D eigenvalue weighted by molar-refractivity contribution is 9.10. The van der Waals surface area contributed by atoms with E-state index in [-0.39, 0.29) is 30.3 Å². The molecule has 0 spiro atoms.